The van der Waals surface area contributed by atoms with Gasteiger partial charge in [-0.15, -0.1) is 0 Å². The number of hydrogen-bond donors (Lipinski definition) is 0. The van der Waals surface area contributed by atoms with E-state index >= 15 is 0 Å². The van der Waals surface area contributed by atoms with E-state index in [0.29, 0.717) is 0 Å². The van der Waals surface area contributed by atoms with Crippen molar-refractivity contribution in [1.82, 2.24) is 10.1 Å². The highest BCUT2D eigenvalue weighted by Gasteiger charge is 2.35. The first-order valence-corrected chi connectivity index (χ1v) is 5.08. The minimum absolute atomic E-state index is 0.167. The molecule has 0 atom stereocenters. The van der Waals surface area contributed by atoms with Crippen LogP contribution in [0.5, 0.6) is 0 Å². The maximum Gasteiger partial charge on any atom is 0.232 e. The summed E-state index contributed by atoms with van der Waals surface area (Å²) in [6.45, 7) is 4.28. The normalized spacial score (nSPS) is 20.8. The maximum atomic E-state index is 5.28. The van der Waals surface area contributed by atoms with Crippen LogP contribution < -0.4 is 0 Å². The first-order valence-electron chi connectivity index (χ1n) is 5.08. The maximum absolute atomic E-state index is 5.28. The topological polar surface area (TPSA) is 38.9 Å². The molecule has 0 amide bonds. The van der Waals surface area contributed by atoms with Gasteiger partial charge < -0.3 is 4.52 Å². The van der Waals surface area contributed by atoms with Crippen molar-refractivity contribution >= 4 is 0 Å². The Bertz CT molecular complexity index is 287. The SMILES string of the molecule is CCc1noc(C2(C)CCCC2)n1. The van der Waals surface area contributed by atoms with Gasteiger partial charge in [-0.2, -0.15) is 4.98 Å². The molecule has 3 heteroatoms. The molecule has 0 spiro atoms. The second-order valence-corrected chi connectivity index (χ2v) is 4.14. The zero-order chi connectivity index (χ0) is 9.31. The van der Waals surface area contributed by atoms with Gasteiger partial charge in [0.15, 0.2) is 5.82 Å². The average molecular weight is 180 g/mol. The van der Waals surface area contributed by atoms with E-state index in [1.165, 1.54) is 25.7 Å². The highest BCUT2D eigenvalue weighted by molar-refractivity contribution is 5.05. The first kappa shape index (κ1) is 8.73. The summed E-state index contributed by atoms with van der Waals surface area (Å²) >= 11 is 0. The van der Waals surface area contributed by atoms with Crippen LogP contribution in [0.2, 0.25) is 0 Å². The lowest BCUT2D eigenvalue weighted by Gasteiger charge is -2.16. The van der Waals surface area contributed by atoms with Gasteiger partial charge in [0, 0.05) is 11.8 Å². The quantitative estimate of drug-likeness (QED) is 0.701. The van der Waals surface area contributed by atoms with Crippen LogP contribution in [0.25, 0.3) is 0 Å². The Kier molecular flexibility index (Phi) is 2.10. The Morgan fingerprint density at radius 3 is 2.62 bits per heavy atom. The molecule has 0 saturated heterocycles. The number of hydrogen-bond acceptors (Lipinski definition) is 3. The lowest BCUT2D eigenvalue weighted by Crippen LogP contribution is -2.17. The minimum atomic E-state index is 0.167. The van der Waals surface area contributed by atoms with E-state index in [9.17, 15) is 0 Å². The largest absolute Gasteiger partial charge is 0.339 e. The van der Waals surface area contributed by atoms with E-state index < -0.39 is 0 Å². The van der Waals surface area contributed by atoms with Crippen LogP contribution in [0.4, 0.5) is 0 Å². The molecule has 1 saturated carbocycles. The fourth-order valence-electron chi connectivity index (χ4n) is 2.01. The van der Waals surface area contributed by atoms with Crippen molar-refractivity contribution in [3.63, 3.8) is 0 Å². The van der Waals surface area contributed by atoms with E-state index in [0.717, 1.165) is 18.1 Å². The molecular formula is C10H16N2O. The molecule has 13 heavy (non-hydrogen) atoms. The van der Waals surface area contributed by atoms with Gasteiger partial charge in [-0.25, -0.2) is 0 Å². The van der Waals surface area contributed by atoms with Crippen LogP contribution in [0.15, 0.2) is 4.52 Å². The molecule has 1 heterocycles. The van der Waals surface area contributed by atoms with Gasteiger partial charge in [0.2, 0.25) is 5.89 Å². The molecule has 1 aliphatic carbocycles. The van der Waals surface area contributed by atoms with Crippen molar-refractivity contribution < 1.29 is 4.52 Å². The Morgan fingerprint density at radius 2 is 2.08 bits per heavy atom. The zero-order valence-electron chi connectivity index (χ0n) is 8.34. The molecule has 0 aromatic carbocycles. The highest BCUT2D eigenvalue weighted by Crippen LogP contribution is 2.39. The summed E-state index contributed by atoms with van der Waals surface area (Å²) in [6, 6.07) is 0. The molecule has 0 radical (unpaired) electrons. The Labute approximate surface area is 78.5 Å². The fraction of sp³-hybridized carbons (Fsp3) is 0.800. The third-order valence-electron chi connectivity index (χ3n) is 3.01. The Morgan fingerprint density at radius 1 is 1.38 bits per heavy atom. The lowest BCUT2D eigenvalue weighted by atomic mass is 9.89. The zero-order valence-corrected chi connectivity index (χ0v) is 8.34. The summed E-state index contributed by atoms with van der Waals surface area (Å²) in [5, 5.41) is 3.94. The second-order valence-electron chi connectivity index (χ2n) is 4.14. The van der Waals surface area contributed by atoms with Gasteiger partial charge in [-0.3, -0.25) is 0 Å². The molecule has 0 N–H and O–H groups in total. The number of aryl methyl sites for hydroxylation is 1. The molecule has 1 aromatic rings. The number of nitrogens with zero attached hydrogens (tertiary/aromatic N) is 2. The predicted molar refractivity (Wildman–Crippen MR) is 49.5 cm³/mol. The van der Waals surface area contributed by atoms with Gasteiger partial charge in [0.05, 0.1) is 0 Å². The van der Waals surface area contributed by atoms with Crippen molar-refractivity contribution in [3.05, 3.63) is 11.7 Å². The van der Waals surface area contributed by atoms with E-state index in [1.807, 2.05) is 6.92 Å². The van der Waals surface area contributed by atoms with Gasteiger partial charge in [0.1, 0.15) is 0 Å². The standard InChI is InChI=1S/C10H16N2O/c1-3-8-11-9(13-12-8)10(2)6-4-5-7-10/h3-7H2,1-2H3. The van der Waals surface area contributed by atoms with Crippen LogP contribution in [0.3, 0.4) is 0 Å². The average Bonchev–Trinajstić information content (AvgIpc) is 2.72. The monoisotopic (exact) mass is 180 g/mol. The van der Waals surface area contributed by atoms with Crippen LogP contribution in [-0.2, 0) is 11.8 Å². The van der Waals surface area contributed by atoms with Crippen LogP contribution in [0.1, 0.15) is 51.2 Å². The van der Waals surface area contributed by atoms with Crippen molar-refractivity contribution in [2.45, 2.75) is 51.4 Å². The summed E-state index contributed by atoms with van der Waals surface area (Å²) in [7, 11) is 0. The number of rotatable bonds is 2. The summed E-state index contributed by atoms with van der Waals surface area (Å²) < 4.78 is 5.28. The third-order valence-corrected chi connectivity index (χ3v) is 3.01. The van der Waals surface area contributed by atoms with Crippen molar-refractivity contribution in [1.29, 1.82) is 0 Å². The van der Waals surface area contributed by atoms with E-state index in [2.05, 4.69) is 17.1 Å². The predicted octanol–water partition coefficient (Wildman–Crippen LogP) is 2.46. The summed E-state index contributed by atoms with van der Waals surface area (Å²) in [5.41, 5.74) is 0.167. The van der Waals surface area contributed by atoms with Crippen molar-refractivity contribution in [3.8, 4) is 0 Å². The van der Waals surface area contributed by atoms with Crippen LogP contribution in [-0.4, -0.2) is 10.1 Å². The molecule has 3 nitrogen and oxygen atoms in total. The summed E-state index contributed by atoms with van der Waals surface area (Å²) in [4.78, 5) is 4.40. The van der Waals surface area contributed by atoms with E-state index in [4.69, 9.17) is 4.52 Å². The smallest absolute Gasteiger partial charge is 0.232 e. The van der Waals surface area contributed by atoms with Crippen LogP contribution in [0, 0.1) is 0 Å². The molecule has 0 bridgehead atoms. The van der Waals surface area contributed by atoms with Crippen molar-refractivity contribution in [2.24, 2.45) is 0 Å². The molecule has 72 valence electrons. The van der Waals surface area contributed by atoms with Gasteiger partial charge in [-0.05, 0) is 12.8 Å². The molecule has 1 aliphatic rings. The van der Waals surface area contributed by atoms with Gasteiger partial charge >= 0.3 is 0 Å². The minimum Gasteiger partial charge on any atom is -0.339 e. The third kappa shape index (κ3) is 1.47. The molecule has 1 fully saturated rings. The lowest BCUT2D eigenvalue weighted by molar-refractivity contribution is 0.294. The molecule has 2 rings (SSSR count). The first-order chi connectivity index (χ1) is 6.24. The highest BCUT2D eigenvalue weighted by atomic mass is 16.5. The Hall–Kier alpha value is -0.860. The van der Waals surface area contributed by atoms with Gasteiger partial charge in [0.25, 0.3) is 0 Å². The van der Waals surface area contributed by atoms with Gasteiger partial charge in [-0.1, -0.05) is 31.8 Å². The van der Waals surface area contributed by atoms with E-state index in [1.54, 1.807) is 0 Å². The molecule has 0 unspecified atom stereocenters. The molecular weight excluding hydrogens is 164 g/mol. The number of aromatic nitrogens is 2. The molecule has 0 aliphatic heterocycles. The fourth-order valence-corrected chi connectivity index (χ4v) is 2.01. The second kappa shape index (κ2) is 3.13. The van der Waals surface area contributed by atoms with Crippen LogP contribution >= 0.6 is 0 Å². The van der Waals surface area contributed by atoms with Crippen molar-refractivity contribution in [2.75, 3.05) is 0 Å². The summed E-state index contributed by atoms with van der Waals surface area (Å²) in [6.07, 6.45) is 5.83. The summed E-state index contributed by atoms with van der Waals surface area (Å²) in [5.74, 6) is 1.69. The molecule has 1 aromatic heterocycles. The Balaban J connectivity index is 2.23. The van der Waals surface area contributed by atoms with E-state index in [-0.39, 0.29) is 5.41 Å².